The van der Waals surface area contributed by atoms with Gasteiger partial charge in [0.2, 0.25) is 0 Å². The number of benzene rings is 2. The van der Waals surface area contributed by atoms with Crippen LogP contribution in [0.1, 0.15) is 37.4 Å². The smallest absolute Gasteiger partial charge is 0.309 e. The molecule has 1 saturated heterocycles. The number of aliphatic carboxylic acids is 1. The van der Waals surface area contributed by atoms with E-state index in [1.165, 1.54) is 0 Å². The molecule has 0 spiro atoms. The van der Waals surface area contributed by atoms with Crippen LogP contribution in [0.3, 0.4) is 0 Å². The third kappa shape index (κ3) is 6.26. The molecule has 0 amide bonds. The van der Waals surface area contributed by atoms with Gasteiger partial charge in [-0.1, -0.05) is 0 Å². The second-order valence-electron chi connectivity index (χ2n) is 10.5. The molecule has 8 nitrogen and oxygen atoms in total. The van der Waals surface area contributed by atoms with Crippen LogP contribution in [0.2, 0.25) is 0 Å². The summed E-state index contributed by atoms with van der Waals surface area (Å²) >= 11 is 0. The molecule has 1 fully saturated rings. The molecule has 3 aromatic rings. The lowest BCUT2D eigenvalue weighted by atomic mass is 9.74. The summed E-state index contributed by atoms with van der Waals surface area (Å²) in [5.41, 5.74) is 0.743. The quantitative estimate of drug-likeness (QED) is 0.307. The number of ether oxygens (including phenoxy) is 1. The summed E-state index contributed by atoms with van der Waals surface area (Å²) in [5, 5.41) is 25.0. The molecule has 3 N–H and O–H groups in total. The van der Waals surface area contributed by atoms with Crippen LogP contribution in [0.25, 0.3) is 10.9 Å². The van der Waals surface area contributed by atoms with Crippen molar-refractivity contribution in [3.63, 3.8) is 0 Å². The van der Waals surface area contributed by atoms with Gasteiger partial charge in [-0.2, -0.15) is 0 Å². The summed E-state index contributed by atoms with van der Waals surface area (Å²) in [6.07, 6.45) is 2.06. The summed E-state index contributed by atoms with van der Waals surface area (Å²) in [6.45, 7) is 1.61. The largest absolute Gasteiger partial charge is 0.497 e. The number of piperidine rings is 1. The topological polar surface area (TPSA) is 98.2 Å². The molecule has 1 aliphatic rings. The number of aliphatic hydroxyl groups excluding tert-OH is 1. The Morgan fingerprint density at radius 2 is 1.85 bits per heavy atom. The predicted molar refractivity (Wildman–Crippen MR) is 147 cm³/mol. The molecule has 2 heterocycles. The molecule has 2 aromatic carbocycles. The van der Waals surface area contributed by atoms with Crippen molar-refractivity contribution in [3.8, 4) is 5.75 Å². The number of anilines is 2. The van der Waals surface area contributed by atoms with Crippen molar-refractivity contribution in [2.45, 2.75) is 31.8 Å². The number of fused-ring (bicyclic) bond motifs is 1. The van der Waals surface area contributed by atoms with Crippen molar-refractivity contribution < 1.29 is 32.9 Å². The highest BCUT2D eigenvalue weighted by Gasteiger charge is 2.41. The zero-order chi connectivity index (χ0) is 29.0. The van der Waals surface area contributed by atoms with E-state index in [9.17, 15) is 28.2 Å². The van der Waals surface area contributed by atoms with Crippen molar-refractivity contribution >= 4 is 28.2 Å². The lowest BCUT2D eigenvalue weighted by molar-refractivity contribution is -0.153. The number of rotatable bonds is 11. The highest BCUT2D eigenvalue weighted by atomic mass is 19.1. The van der Waals surface area contributed by atoms with E-state index in [1.54, 1.807) is 19.4 Å². The molecule has 0 bridgehead atoms. The normalized spacial score (nSPS) is 16.1. The second-order valence-corrected chi connectivity index (χ2v) is 10.5. The summed E-state index contributed by atoms with van der Waals surface area (Å²) in [5.74, 6) is -3.26. The molecule has 0 aliphatic carbocycles. The minimum Gasteiger partial charge on any atom is -0.497 e. The molecule has 1 atom stereocenters. The number of carbonyl (C=O) groups is 1. The van der Waals surface area contributed by atoms with Crippen LogP contribution in [0.15, 0.2) is 36.5 Å². The highest BCUT2D eigenvalue weighted by molar-refractivity contribution is 5.88. The van der Waals surface area contributed by atoms with Gasteiger partial charge >= 0.3 is 5.97 Å². The molecule has 0 unspecified atom stereocenters. The van der Waals surface area contributed by atoms with Crippen LogP contribution in [0, 0.1) is 22.9 Å². The zero-order valence-electron chi connectivity index (χ0n) is 22.9. The van der Waals surface area contributed by atoms with E-state index in [-0.39, 0.29) is 25.1 Å². The van der Waals surface area contributed by atoms with Crippen LogP contribution in [0.5, 0.6) is 5.75 Å². The van der Waals surface area contributed by atoms with E-state index in [1.807, 2.05) is 36.0 Å². The first-order valence-corrected chi connectivity index (χ1v) is 13.2. The maximum absolute atomic E-state index is 13.9. The number of aliphatic hydroxyl groups is 1. The first-order chi connectivity index (χ1) is 19.0. The summed E-state index contributed by atoms with van der Waals surface area (Å²) in [7, 11) is 5.29. The fourth-order valence-corrected chi connectivity index (χ4v) is 5.40. The van der Waals surface area contributed by atoms with E-state index >= 15 is 0 Å². The minimum atomic E-state index is -1.00. The number of nitrogens with one attached hydrogen (secondary N) is 1. The molecular formula is C29H35F3N4O4. The third-order valence-corrected chi connectivity index (χ3v) is 7.81. The summed E-state index contributed by atoms with van der Waals surface area (Å²) in [4.78, 5) is 20.8. The number of likely N-dealkylation sites (tertiary alicyclic amines) is 1. The van der Waals surface area contributed by atoms with Gasteiger partial charge < -0.3 is 30.1 Å². The van der Waals surface area contributed by atoms with Crippen molar-refractivity contribution in [2.24, 2.45) is 5.41 Å². The van der Waals surface area contributed by atoms with Gasteiger partial charge in [-0.3, -0.25) is 9.78 Å². The van der Waals surface area contributed by atoms with Gasteiger partial charge in [0.15, 0.2) is 11.6 Å². The lowest BCUT2D eigenvalue weighted by Crippen LogP contribution is -2.45. The molecule has 1 aliphatic heterocycles. The van der Waals surface area contributed by atoms with Gasteiger partial charge in [-0.15, -0.1) is 0 Å². The minimum absolute atomic E-state index is 0.212. The van der Waals surface area contributed by atoms with Gasteiger partial charge in [-0.25, -0.2) is 13.2 Å². The van der Waals surface area contributed by atoms with Crippen LogP contribution < -0.4 is 15.0 Å². The van der Waals surface area contributed by atoms with Crippen molar-refractivity contribution in [2.75, 3.05) is 57.6 Å². The zero-order valence-corrected chi connectivity index (χ0v) is 22.9. The van der Waals surface area contributed by atoms with Crippen LogP contribution in [-0.4, -0.2) is 73.5 Å². The average Bonchev–Trinajstić information content (AvgIpc) is 2.92. The monoisotopic (exact) mass is 560 g/mol. The Kier molecular flexibility index (Phi) is 9.05. The Hall–Kier alpha value is -3.57. The third-order valence-electron chi connectivity index (χ3n) is 7.81. The number of carboxylic acids is 1. The standard InChI is InChI=1S/C29H35F3N4O4/c1-35(2)24-17-34-23-5-4-19(40-3)16-20(23)26(24)25(37)6-7-29(28(38)39)8-11-36(12-9-29)13-10-33-27-21(31)14-18(30)15-22(27)32/h4-5,14-17,25,33,37H,6-13H2,1-3H3,(H,38,39)/t25-/m0/s1. The van der Waals surface area contributed by atoms with Crippen LogP contribution in [0.4, 0.5) is 24.5 Å². The Morgan fingerprint density at radius 1 is 1.18 bits per heavy atom. The fourth-order valence-electron chi connectivity index (χ4n) is 5.40. The molecule has 1 aromatic heterocycles. The van der Waals surface area contributed by atoms with Gasteiger partial charge in [-0.05, 0) is 57.0 Å². The Morgan fingerprint density at radius 3 is 2.45 bits per heavy atom. The van der Waals surface area contributed by atoms with Crippen molar-refractivity contribution in [1.82, 2.24) is 9.88 Å². The van der Waals surface area contributed by atoms with Gasteiger partial charge in [0.1, 0.15) is 17.3 Å². The number of nitrogens with zero attached hydrogens (tertiary/aromatic N) is 3. The highest BCUT2D eigenvalue weighted by Crippen LogP contribution is 2.41. The van der Waals surface area contributed by atoms with Gasteiger partial charge in [0, 0.05) is 50.3 Å². The van der Waals surface area contributed by atoms with E-state index in [0.717, 1.165) is 11.1 Å². The number of hydrogen-bond donors (Lipinski definition) is 3. The van der Waals surface area contributed by atoms with E-state index < -0.39 is 34.9 Å². The van der Waals surface area contributed by atoms with Crippen LogP contribution in [-0.2, 0) is 4.79 Å². The van der Waals surface area contributed by atoms with E-state index in [4.69, 9.17) is 4.74 Å². The first-order valence-electron chi connectivity index (χ1n) is 13.2. The van der Waals surface area contributed by atoms with Gasteiger partial charge in [0.25, 0.3) is 0 Å². The maximum Gasteiger partial charge on any atom is 0.309 e. The molecule has 0 saturated carbocycles. The fraction of sp³-hybridized carbons (Fsp3) is 0.448. The van der Waals surface area contributed by atoms with Crippen molar-refractivity contribution in [3.05, 3.63) is 59.5 Å². The molecule has 40 heavy (non-hydrogen) atoms. The number of methoxy groups -OCH3 is 1. The summed E-state index contributed by atoms with van der Waals surface area (Å²) < 4.78 is 46.3. The molecule has 11 heteroatoms. The second kappa shape index (κ2) is 12.3. The molecule has 4 rings (SSSR count). The number of pyridine rings is 1. The van der Waals surface area contributed by atoms with E-state index in [2.05, 4.69) is 10.3 Å². The SMILES string of the molecule is COc1ccc2ncc(N(C)C)c([C@@H](O)CCC3(C(=O)O)CCN(CCNc4c(F)cc(F)cc4F)CC3)c2c1. The molecule has 0 radical (unpaired) electrons. The first kappa shape index (κ1) is 29.4. The Bertz CT molecular complexity index is 1340. The number of hydrogen-bond acceptors (Lipinski definition) is 7. The molecular weight excluding hydrogens is 525 g/mol. The lowest BCUT2D eigenvalue weighted by Gasteiger charge is -2.39. The summed E-state index contributed by atoms with van der Waals surface area (Å²) in [6, 6.07) is 6.70. The average molecular weight is 561 g/mol. The number of carboxylic acid groups (broad SMARTS) is 1. The predicted octanol–water partition coefficient (Wildman–Crippen LogP) is 4.82. The van der Waals surface area contributed by atoms with Crippen molar-refractivity contribution in [1.29, 1.82) is 0 Å². The van der Waals surface area contributed by atoms with E-state index in [0.29, 0.717) is 61.4 Å². The number of halogens is 3. The Labute approximate surface area is 231 Å². The Balaban J connectivity index is 1.41. The number of aromatic nitrogens is 1. The maximum atomic E-state index is 13.9. The van der Waals surface area contributed by atoms with Crippen LogP contribution >= 0.6 is 0 Å². The van der Waals surface area contributed by atoms with Gasteiger partial charge in [0.05, 0.1) is 36.0 Å². The molecule has 216 valence electrons.